The average molecular weight is 533 g/mol. The van der Waals surface area contributed by atoms with Crippen LogP contribution in [0.5, 0.6) is 0 Å². The summed E-state index contributed by atoms with van der Waals surface area (Å²) in [5.41, 5.74) is 2.23. The maximum absolute atomic E-state index is 4.77. The zero-order chi connectivity index (χ0) is 20.8. The SMILES string of the molecule is CCNC(=NCc1nnc2ccccn12)NC1CCN(Cc2ccccc2)C(C)C1.I. The number of halogens is 1. The Balaban J connectivity index is 0.00000272. The van der Waals surface area contributed by atoms with Gasteiger partial charge in [-0.3, -0.25) is 9.30 Å². The molecule has 1 aromatic carbocycles. The number of nitrogens with one attached hydrogen (secondary N) is 2. The second-order valence-corrected chi connectivity index (χ2v) is 7.91. The number of fused-ring (bicyclic) bond motifs is 1. The van der Waals surface area contributed by atoms with Crippen molar-refractivity contribution in [1.82, 2.24) is 30.1 Å². The molecule has 0 saturated carbocycles. The van der Waals surface area contributed by atoms with Crippen molar-refractivity contribution in [3.05, 3.63) is 66.1 Å². The largest absolute Gasteiger partial charge is 0.357 e. The Kier molecular flexibility index (Phi) is 8.65. The number of aromatic nitrogens is 3. The molecule has 166 valence electrons. The zero-order valence-electron chi connectivity index (χ0n) is 18.2. The summed E-state index contributed by atoms with van der Waals surface area (Å²) in [4.78, 5) is 7.34. The third-order valence-electron chi connectivity index (χ3n) is 5.69. The standard InChI is InChI=1S/C23H31N7.HI/c1-3-24-23(25-16-22-28-27-21-11-7-8-13-30(21)22)26-20-12-14-29(18(2)15-20)17-19-9-5-4-6-10-19;/h4-11,13,18,20H,3,12,14-17H2,1-2H3,(H2,24,25,26);1H. The monoisotopic (exact) mass is 533 g/mol. The molecule has 1 aliphatic rings. The highest BCUT2D eigenvalue weighted by molar-refractivity contribution is 14.0. The first-order valence-electron chi connectivity index (χ1n) is 10.8. The van der Waals surface area contributed by atoms with Crippen molar-refractivity contribution in [2.24, 2.45) is 4.99 Å². The van der Waals surface area contributed by atoms with Crippen molar-refractivity contribution in [2.75, 3.05) is 13.1 Å². The highest BCUT2D eigenvalue weighted by Gasteiger charge is 2.26. The van der Waals surface area contributed by atoms with Crippen LogP contribution in [0, 0.1) is 0 Å². The van der Waals surface area contributed by atoms with Gasteiger partial charge in [0.15, 0.2) is 17.4 Å². The van der Waals surface area contributed by atoms with Crippen molar-refractivity contribution >= 4 is 35.6 Å². The Morgan fingerprint density at radius 2 is 1.94 bits per heavy atom. The lowest BCUT2D eigenvalue weighted by atomic mass is 9.97. The van der Waals surface area contributed by atoms with Crippen molar-refractivity contribution in [1.29, 1.82) is 0 Å². The molecule has 2 aromatic heterocycles. The lowest BCUT2D eigenvalue weighted by molar-refractivity contribution is 0.134. The minimum absolute atomic E-state index is 0. The van der Waals surface area contributed by atoms with Gasteiger partial charge in [0, 0.05) is 37.9 Å². The predicted molar refractivity (Wildman–Crippen MR) is 136 cm³/mol. The van der Waals surface area contributed by atoms with Crippen LogP contribution in [-0.2, 0) is 13.1 Å². The molecule has 1 fully saturated rings. The molecule has 0 radical (unpaired) electrons. The van der Waals surface area contributed by atoms with Crippen LogP contribution >= 0.6 is 24.0 Å². The molecule has 1 aliphatic heterocycles. The van der Waals surface area contributed by atoms with Crippen LogP contribution in [0.25, 0.3) is 5.65 Å². The van der Waals surface area contributed by atoms with E-state index in [9.17, 15) is 0 Å². The van der Waals surface area contributed by atoms with Gasteiger partial charge in [0.2, 0.25) is 0 Å². The molecule has 0 amide bonds. The predicted octanol–water partition coefficient (Wildman–Crippen LogP) is 3.46. The average Bonchev–Trinajstić information content (AvgIpc) is 3.18. The first-order chi connectivity index (χ1) is 14.7. The molecule has 4 rings (SSSR count). The van der Waals surface area contributed by atoms with Crippen LogP contribution in [0.15, 0.2) is 59.7 Å². The smallest absolute Gasteiger partial charge is 0.191 e. The number of aliphatic imine (C=N–C) groups is 1. The van der Waals surface area contributed by atoms with Gasteiger partial charge in [0.25, 0.3) is 0 Å². The van der Waals surface area contributed by atoms with E-state index < -0.39 is 0 Å². The molecule has 8 heteroatoms. The maximum Gasteiger partial charge on any atom is 0.191 e. The van der Waals surface area contributed by atoms with Gasteiger partial charge in [-0.25, -0.2) is 4.99 Å². The van der Waals surface area contributed by atoms with Gasteiger partial charge >= 0.3 is 0 Å². The summed E-state index contributed by atoms with van der Waals surface area (Å²) in [5.74, 6) is 1.69. The van der Waals surface area contributed by atoms with Gasteiger partial charge in [0.1, 0.15) is 6.54 Å². The van der Waals surface area contributed by atoms with E-state index in [1.165, 1.54) is 5.56 Å². The number of pyridine rings is 1. The number of guanidine groups is 1. The topological polar surface area (TPSA) is 69.8 Å². The molecular weight excluding hydrogens is 501 g/mol. The highest BCUT2D eigenvalue weighted by atomic mass is 127. The number of nitrogens with zero attached hydrogens (tertiary/aromatic N) is 5. The van der Waals surface area contributed by atoms with Gasteiger partial charge < -0.3 is 10.6 Å². The lowest BCUT2D eigenvalue weighted by Gasteiger charge is -2.38. The van der Waals surface area contributed by atoms with E-state index in [0.29, 0.717) is 18.6 Å². The van der Waals surface area contributed by atoms with E-state index in [2.05, 4.69) is 69.9 Å². The van der Waals surface area contributed by atoms with Crippen molar-refractivity contribution in [3.8, 4) is 0 Å². The fraction of sp³-hybridized carbons (Fsp3) is 0.435. The highest BCUT2D eigenvalue weighted by Crippen LogP contribution is 2.20. The van der Waals surface area contributed by atoms with E-state index in [4.69, 9.17) is 4.99 Å². The molecule has 3 heterocycles. The molecule has 2 N–H and O–H groups in total. The Bertz CT molecular complexity index is 972. The molecule has 0 bridgehead atoms. The second kappa shape index (κ2) is 11.4. The molecule has 2 atom stereocenters. The first-order valence-corrected chi connectivity index (χ1v) is 10.8. The normalized spacial score (nSPS) is 19.7. The molecule has 3 aromatic rings. The number of benzene rings is 1. The van der Waals surface area contributed by atoms with Gasteiger partial charge in [-0.2, -0.15) is 0 Å². The van der Waals surface area contributed by atoms with Gasteiger partial charge in [0.05, 0.1) is 0 Å². The summed E-state index contributed by atoms with van der Waals surface area (Å²) in [5, 5.41) is 15.5. The molecule has 31 heavy (non-hydrogen) atoms. The zero-order valence-corrected chi connectivity index (χ0v) is 20.6. The van der Waals surface area contributed by atoms with Crippen LogP contribution in [0.1, 0.15) is 38.1 Å². The number of hydrogen-bond donors (Lipinski definition) is 2. The third-order valence-corrected chi connectivity index (χ3v) is 5.69. The summed E-state index contributed by atoms with van der Waals surface area (Å²) in [6.07, 6.45) is 4.19. The van der Waals surface area contributed by atoms with Crippen LogP contribution in [0.2, 0.25) is 0 Å². The summed E-state index contributed by atoms with van der Waals surface area (Å²) in [6.45, 7) is 7.83. The quantitative estimate of drug-likeness (QED) is 0.289. The van der Waals surface area contributed by atoms with E-state index in [1.54, 1.807) is 0 Å². The summed E-state index contributed by atoms with van der Waals surface area (Å²) >= 11 is 0. The van der Waals surface area contributed by atoms with E-state index >= 15 is 0 Å². The fourth-order valence-corrected chi connectivity index (χ4v) is 4.07. The van der Waals surface area contributed by atoms with E-state index in [-0.39, 0.29) is 24.0 Å². The fourth-order valence-electron chi connectivity index (χ4n) is 4.07. The van der Waals surface area contributed by atoms with Crippen LogP contribution in [0.4, 0.5) is 0 Å². The summed E-state index contributed by atoms with van der Waals surface area (Å²) in [6, 6.07) is 17.6. The number of hydrogen-bond acceptors (Lipinski definition) is 4. The van der Waals surface area contributed by atoms with Crippen molar-refractivity contribution < 1.29 is 0 Å². The number of piperidine rings is 1. The van der Waals surface area contributed by atoms with Crippen molar-refractivity contribution in [2.45, 2.75) is 51.9 Å². The van der Waals surface area contributed by atoms with Gasteiger partial charge in [-0.1, -0.05) is 36.4 Å². The first kappa shape index (κ1) is 23.5. The molecule has 0 aliphatic carbocycles. The minimum Gasteiger partial charge on any atom is -0.357 e. The third kappa shape index (κ3) is 6.16. The van der Waals surface area contributed by atoms with Crippen molar-refractivity contribution in [3.63, 3.8) is 0 Å². The number of rotatable bonds is 6. The number of likely N-dealkylation sites (tertiary alicyclic amines) is 1. The van der Waals surface area contributed by atoms with Crippen LogP contribution < -0.4 is 10.6 Å². The molecular formula is C23H32IN7. The van der Waals surface area contributed by atoms with Gasteiger partial charge in [-0.15, -0.1) is 34.2 Å². The van der Waals surface area contributed by atoms with Crippen LogP contribution in [-0.4, -0.2) is 50.6 Å². The molecule has 0 spiro atoms. The van der Waals surface area contributed by atoms with E-state index in [0.717, 1.165) is 49.9 Å². The Hall–Kier alpha value is -2.20. The Morgan fingerprint density at radius 3 is 2.71 bits per heavy atom. The van der Waals surface area contributed by atoms with E-state index in [1.807, 2.05) is 28.8 Å². The summed E-state index contributed by atoms with van der Waals surface area (Å²) < 4.78 is 1.98. The maximum atomic E-state index is 4.77. The van der Waals surface area contributed by atoms with Gasteiger partial charge in [-0.05, 0) is 44.4 Å². The summed E-state index contributed by atoms with van der Waals surface area (Å²) in [7, 11) is 0. The Morgan fingerprint density at radius 1 is 1.13 bits per heavy atom. The second-order valence-electron chi connectivity index (χ2n) is 7.91. The molecule has 2 unspecified atom stereocenters. The lowest BCUT2D eigenvalue weighted by Crippen LogP contribution is -2.51. The molecule has 1 saturated heterocycles. The Labute approximate surface area is 201 Å². The minimum atomic E-state index is 0. The van der Waals surface area contributed by atoms with Crippen LogP contribution in [0.3, 0.4) is 0 Å². The molecule has 7 nitrogen and oxygen atoms in total.